The highest BCUT2D eigenvalue weighted by atomic mass is 35.5. The molecule has 0 aliphatic heterocycles. The second kappa shape index (κ2) is 6.46. The van der Waals surface area contributed by atoms with Crippen LogP contribution in [0.3, 0.4) is 0 Å². The Morgan fingerprint density at radius 2 is 1.88 bits per heavy atom. The highest BCUT2D eigenvalue weighted by Gasteiger charge is 2.17. The summed E-state index contributed by atoms with van der Waals surface area (Å²) in [7, 11) is -3.89. The van der Waals surface area contributed by atoms with Crippen molar-refractivity contribution < 1.29 is 8.42 Å². The molecule has 3 heterocycles. The van der Waals surface area contributed by atoms with E-state index in [1.807, 2.05) is 0 Å². The zero-order valence-corrected chi connectivity index (χ0v) is 14.0. The molecule has 0 bridgehead atoms. The Hall–Kier alpha value is -2.65. The van der Waals surface area contributed by atoms with Crippen LogP contribution in [0, 0.1) is 6.92 Å². The van der Waals surface area contributed by atoms with Crippen molar-refractivity contribution in [3.8, 4) is 11.5 Å². The molecule has 0 amide bonds. The fourth-order valence-electron chi connectivity index (χ4n) is 1.84. The van der Waals surface area contributed by atoms with Gasteiger partial charge in [0.1, 0.15) is 21.6 Å². The van der Waals surface area contributed by atoms with E-state index in [0.717, 1.165) is 6.20 Å². The first-order valence-electron chi connectivity index (χ1n) is 6.72. The van der Waals surface area contributed by atoms with E-state index in [1.54, 1.807) is 31.3 Å². The quantitative estimate of drug-likeness (QED) is 0.707. The number of pyridine rings is 2. The van der Waals surface area contributed by atoms with E-state index < -0.39 is 10.0 Å². The molecule has 0 fully saturated rings. The molecular weight excluding hydrogens is 352 g/mol. The van der Waals surface area contributed by atoms with Crippen LogP contribution in [0.15, 0.2) is 47.6 Å². The zero-order chi connectivity index (χ0) is 17.2. The molecule has 24 heavy (non-hydrogen) atoms. The predicted octanol–water partition coefficient (Wildman–Crippen LogP) is 2.09. The number of hydrogen-bond acceptors (Lipinski definition) is 7. The van der Waals surface area contributed by atoms with Crippen molar-refractivity contribution >= 4 is 27.6 Å². The summed E-state index contributed by atoms with van der Waals surface area (Å²) in [6.45, 7) is 1.63. The molecule has 8 nitrogen and oxygen atoms in total. The molecule has 0 saturated carbocycles. The lowest BCUT2D eigenvalue weighted by Crippen LogP contribution is -2.16. The van der Waals surface area contributed by atoms with Crippen LogP contribution in [-0.2, 0) is 10.0 Å². The number of nitrogens with one attached hydrogen (secondary N) is 1. The first-order chi connectivity index (χ1) is 11.4. The Kier molecular flexibility index (Phi) is 4.36. The molecule has 1 N–H and O–H groups in total. The summed E-state index contributed by atoms with van der Waals surface area (Å²) in [5, 5.41) is 0.197. The van der Waals surface area contributed by atoms with Crippen LogP contribution in [0.2, 0.25) is 5.15 Å². The average molecular weight is 363 g/mol. The zero-order valence-electron chi connectivity index (χ0n) is 12.4. The molecule has 3 rings (SSSR count). The van der Waals surface area contributed by atoms with E-state index >= 15 is 0 Å². The van der Waals surface area contributed by atoms with E-state index in [1.165, 1.54) is 12.1 Å². The highest BCUT2D eigenvalue weighted by molar-refractivity contribution is 7.92. The van der Waals surface area contributed by atoms with Gasteiger partial charge in [-0.15, -0.1) is 0 Å². The molecule has 0 atom stereocenters. The van der Waals surface area contributed by atoms with E-state index in [4.69, 9.17) is 11.6 Å². The number of rotatable bonds is 4. The normalized spacial score (nSPS) is 11.2. The number of aryl methyl sites for hydroxylation is 1. The lowest BCUT2D eigenvalue weighted by molar-refractivity contribution is 0.600. The second-order valence-corrected chi connectivity index (χ2v) is 6.74. The number of aromatic nitrogens is 5. The third-order valence-electron chi connectivity index (χ3n) is 2.88. The Morgan fingerprint density at radius 1 is 1.04 bits per heavy atom. The maximum atomic E-state index is 12.4. The van der Waals surface area contributed by atoms with Crippen LogP contribution in [0.1, 0.15) is 5.82 Å². The van der Waals surface area contributed by atoms with Gasteiger partial charge in [-0.2, -0.15) is 9.97 Å². The minimum absolute atomic E-state index is 0.0515. The van der Waals surface area contributed by atoms with E-state index in [0.29, 0.717) is 11.5 Å². The van der Waals surface area contributed by atoms with Crippen molar-refractivity contribution in [2.75, 3.05) is 4.72 Å². The molecule has 0 radical (unpaired) electrons. The predicted molar refractivity (Wildman–Crippen MR) is 87.9 cm³/mol. The van der Waals surface area contributed by atoms with E-state index in [9.17, 15) is 8.42 Å². The van der Waals surface area contributed by atoms with Gasteiger partial charge in [0, 0.05) is 12.4 Å². The number of nitrogens with zero attached hydrogens (tertiary/aromatic N) is 5. The number of sulfonamides is 1. The summed E-state index contributed by atoms with van der Waals surface area (Å²) in [5.41, 5.74) is 0.511. The van der Waals surface area contributed by atoms with Crippen LogP contribution in [-0.4, -0.2) is 33.3 Å². The monoisotopic (exact) mass is 362 g/mol. The first-order valence-corrected chi connectivity index (χ1v) is 8.58. The third kappa shape index (κ3) is 3.63. The SMILES string of the molecule is Cc1nc(NS(=O)(=O)c2ccc(Cl)nc2)nc(-c2ccccn2)n1. The Balaban J connectivity index is 1.95. The van der Waals surface area contributed by atoms with Crippen LogP contribution in [0.5, 0.6) is 0 Å². The summed E-state index contributed by atoms with van der Waals surface area (Å²) >= 11 is 5.67. The van der Waals surface area contributed by atoms with Crippen molar-refractivity contribution in [3.05, 3.63) is 53.7 Å². The maximum Gasteiger partial charge on any atom is 0.265 e. The Labute approximate surface area is 143 Å². The molecule has 0 saturated heterocycles. The van der Waals surface area contributed by atoms with Gasteiger partial charge in [-0.25, -0.2) is 23.1 Å². The lowest BCUT2D eigenvalue weighted by Gasteiger charge is -2.08. The van der Waals surface area contributed by atoms with Crippen LogP contribution in [0.25, 0.3) is 11.5 Å². The van der Waals surface area contributed by atoms with Gasteiger partial charge in [0.2, 0.25) is 5.95 Å². The van der Waals surface area contributed by atoms with Gasteiger partial charge in [0.05, 0.1) is 0 Å². The summed E-state index contributed by atoms with van der Waals surface area (Å²) in [6.07, 6.45) is 2.75. The van der Waals surface area contributed by atoms with Gasteiger partial charge >= 0.3 is 0 Å². The largest absolute Gasteiger partial charge is 0.265 e. The smallest absolute Gasteiger partial charge is 0.253 e. The van der Waals surface area contributed by atoms with Gasteiger partial charge in [0.15, 0.2) is 5.82 Å². The molecule has 0 aliphatic rings. The number of anilines is 1. The molecule has 10 heteroatoms. The number of halogens is 1. The van der Waals surface area contributed by atoms with Crippen molar-refractivity contribution in [3.63, 3.8) is 0 Å². The first kappa shape index (κ1) is 16.2. The molecule has 0 unspecified atom stereocenters. The van der Waals surface area contributed by atoms with Crippen molar-refractivity contribution in [1.29, 1.82) is 0 Å². The van der Waals surface area contributed by atoms with E-state index in [2.05, 4.69) is 29.6 Å². The van der Waals surface area contributed by atoms with Crippen molar-refractivity contribution in [2.45, 2.75) is 11.8 Å². The second-order valence-electron chi connectivity index (χ2n) is 4.67. The Bertz CT molecular complexity index is 964. The minimum atomic E-state index is -3.89. The molecule has 0 aliphatic carbocycles. The molecule has 3 aromatic rings. The molecule has 0 aromatic carbocycles. The lowest BCUT2D eigenvalue weighted by atomic mass is 10.3. The molecule has 122 valence electrons. The Morgan fingerprint density at radius 3 is 2.54 bits per heavy atom. The van der Waals surface area contributed by atoms with Crippen molar-refractivity contribution in [2.24, 2.45) is 0 Å². The average Bonchev–Trinajstić information content (AvgIpc) is 2.55. The van der Waals surface area contributed by atoms with Gasteiger partial charge < -0.3 is 0 Å². The van der Waals surface area contributed by atoms with Gasteiger partial charge in [0.25, 0.3) is 10.0 Å². The molecule has 0 spiro atoms. The van der Waals surface area contributed by atoms with Gasteiger partial charge in [-0.05, 0) is 31.2 Å². The summed E-state index contributed by atoms with van der Waals surface area (Å²) in [5.74, 6) is 0.533. The minimum Gasteiger partial charge on any atom is -0.253 e. The topological polar surface area (TPSA) is 111 Å². The number of hydrogen-bond donors (Lipinski definition) is 1. The summed E-state index contributed by atoms with van der Waals surface area (Å²) < 4.78 is 27.0. The van der Waals surface area contributed by atoms with Crippen LogP contribution < -0.4 is 4.72 Å². The fraction of sp³-hybridized carbons (Fsp3) is 0.0714. The van der Waals surface area contributed by atoms with Gasteiger partial charge in [-0.1, -0.05) is 17.7 Å². The maximum absolute atomic E-state index is 12.4. The van der Waals surface area contributed by atoms with Crippen LogP contribution >= 0.6 is 11.6 Å². The molecule has 3 aromatic heterocycles. The van der Waals surface area contributed by atoms with Gasteiger partial charge in [-0.3, -0.25) is 4.98 Å². The fourth-order valence-corrected chi connectivity index (χ4v) is 2.84. The van der Waals surface area contributed by atoms with E-state index in [-0.39, 0.29) is 21.8 Å². The highest BCUT2D eigenvalue weighted by Crippen LogP contribution is 2.17. The van der Waals surface area contributed by atoms with Crippen molar-refractivity contribution in [1.82, 2.24) is 24.9 Å². The summed E-state index contributed by atoms with van der Waals surface area (Å²) in [6, 6.07) is 7.98. The summed E-state index contributed by atoms with van der Waals surface area (Å²) in [4.78, 5) is 20.1. The standard InChI is InChI=1S/C14H11ClN6O2S/c1-9-18-13(11-4-2-3-7-16-11)20-14(19-9)21-24(22,23)10-5-6-12(15)17-8-10/h2-8H,1H3,(H,18,19,20,21). The molecular formula is C14H11ClN6O2S. The van der Waals surface area contributed by atoms with Crippen LogP contribution in [0.4, 0.5) is 5.95 Å². The third-order valence-corrected chi connectivity index (χ3v) is 4.41.